The fourth-order valence-electron chi connectivity index (χ4n) is 3.02. The molecule has 0 atom stereocenters. The lowest BCUT2D eigenvalue weighted by Gasteiger charge is -2.14. The van der Waals surface area contributed by atoms with Crippen molar-refractivity contribution in [3.8, 4) is 11.5 Å². The van der Waals surface area contributed by atoms with Crippen molar-refractivity contribution in [3.05, 3.63) is 94.2 Å². The van der Waals surface area contributed by atoms with Crippen molar-refractivity contribution in [2.45, 2.75) is 6.61 Å². The third kappa shape index (κ3) is 5.82. The molecule has 0 fully saturated rings. The third-order valence-corrected chi connectivity index (χ3v) is 6.90. The Kier molecular flexibility index (Phi) is 7.83. The summed E-state index contributed by atoms with van der Waals surface area (Å²) in [5.74, 6) is 0.806. The highest BCUT2D eigenvalue weighted by Crippen LogP contribution is 2.36. The summed E-state index contributed by atoms with van der Waals surface area (Å²) < 4.78 is 18.9. The summed E-state index contributed by atoms with van der Waals surface area (Å²) in [6, 6.07) is 16.7. The Morgan fingerprint density at radius 3 is 2.48 bits per heavy atom. The topological polar surface area (TPSA) is 57.1 Å². The van der Waals surface area contributed by atoms with Gasteiger partial charge in [0.15, 0.2) is 17.2 Å². The van der Waals surface area contributed by atoms with E-state index in [0.29, 0.717) is 33.7 Å². The van der Waals surface area contributed by atoms with Gasteiger partial charge in [-0.15, -0.1) is 0 Å². The molecule has 168 valence electrons. The molecule has 0 aromatic heterocycles. The number of hydrogen-bond acceptors (Lipinski definition) is 5. The van der Waals surface area contributed by atoms with Crippen LogP contribution in [-0.4, -0.2) is 19.0 Å². The minimum atomic E-state index is -0.552. The minimum Gasteiger partial charge on any atom is -0.493 e. The second kappa shape index (κ2) is 10.6. The van der Waals surface area contributed by atoms with E-state index in [1.807, 2.05) is 30.3 Å². The first-order valence-corrected chi connectivity index (χ1v) is 12.5. The molecular formula is C24H15Cl2I2NO4. The van der Waals surface area contributed by atoms with E-state index in [0.717, 1.165) is 18.3 Å². The van der Waals surface area contributed by atoms with Crippen LogP contribution in [0.25, 0.3) is 6.08 Å². The third-order valence-electron chi connectivity index (χ3n) is 4.64. The second-order valence-electron chi connectivity index (χ2n) is 6.91. The van der Waals surface area contributed by atoms with Gasteiger partial charge in [-0.25, -0.2) is 9.79 Å². The number of aliphatic imine (C=N–C) groups is 1. The number of ether oxygens (including phenoxy) is 3. The van der Waals surface area contributed by atoms with E-state index in [9.17, 15) is 4.79 Å². The molecule has 0 N–H and O–H groups in total. The number of nitrogens with zero attached hydrogens (tertiary/aromatic N) is 1. The normalized spacial score (nSPS) is 14.3. The number of esters is 1. The zero-order valence-electron chi connectivity index (χ0n) is 17.1. The van der Waals surface area contributed by atoms with Gasteiger partial charge in [0.1, 0.15) is 6.61 Å². The first-order valence-electron chi connectivity index (χ1n) is 9.57. The van der Waals surface area contributed by atoms with Crippen molar-refractivity contribution in [2.75, 3.05) is 7.11 Å². The molecule has 3 aromatic rings. The molecule has 4 rings (SSSR count). The molecule has 0 radical (unpaired) electrons. The van der Waals surface area contributed by atoms with Crippen molar-refractivity contribution in [3.63, 3.8) is 0 Å². The van der Waals surface area contributed by atoms with Gasteiger partial charge in [-0.2, -0.15) is 0 Å². The molecule has 0 spiro atoms. The predicted molar refractivity (Wildman–Crippen MR) is 146 cm³/mol. The number of methoxy groups -OCH3 is 1. The molecule has 0 saturated heterocycles. The molecule has 1 aliphatic rings. The summed E-state index contributed by atoms with van der Waals surface area (Å²) in [5.41, 5.74) is 2.51. The molecule has 3 aromatic carbocycles. The number of hydrogen-bond donors (Lipinski definition) is 0. The van der Waals surface area contributed by atoms with Gasteiger partial charge in [0.05, 0.1) is 20.7 Å². The summed E-state index contributed by atoms with van der Waals surface area (Å²) in [6.45, 7) is 0.410. The molecule has 0 amide bonds. The Balaban J connectivity index is 1.59. The average Bonchev–Trinajstić information content (AvgIpc) is 3.15. The van der Waals surface area contributed by atoms with Gasteiger partial charge in [-0.05, 0) is 105 Å². The van der Waals surface area contributed by atoms with Crippen LogP contribution >= 0.6 is 68.4 Å². The van der Waals surface area contributed by atoms with Crippen molar-refractivity contribution < 1.29 is 19.0 Å². The number of carbonyl (C=O) groups is 1. The van der Waals surface area contributed by atoms with E-state index in [1.165, 1.54) is 0 Å². The van der Waals surface area contributed by atoms with E-state index in [2.05, 4.69) is 50.2 Å². The Bertz CT molecular complexity index is 1290. The van der Waals surface area contributed by atoms with E-state index < -0.39 is 5.97 Å². The summed E-state index contributed by atoms with van der Waals surface area (Å²) in [5, 5.41) is 0.762. The lowest BCUT2D eigenvalue weighted by molar-refractivity contribution is -0.129. The first kappa shape index (κ1) is 24.3. The maximum absolute atomic E-state index is 12.4. The molecule has 1 heterocycles. The molecular weight excluding hydrogens is 691 g/mol. The molecule has 1 aliphatic heterocycles. The van der Waals surface area contributed by atoms with Crippen LogP contribution in [0.4, 0.5) is 0 Å². The van der Waals surface area contributed by atoms with E-state index in [4.69, 9.17) is 37.4 Å². The van der Waals surface area contributed by atoms with Gasteiger partial charge >= 0.3 is 5.97 Å². The van der Waals surface area contributed by atoms with Crippen LogP contribution in [0.1, 0.15) is 16.7 Å². The molecule has 0 bridgehead atoms. The average molecular weight is 706 g/mol. The van der Waals surface area contributed by atoms with Crippen molar-refractivity contribution in [1.29, 1.82) is 0 Å². The van der Waals surface area contributed by atoms with Crippen molar-refractivity contribution >= 4 is 86.3 Å². The van der Waals surface area contributed by atoms with E-state index >= 15 is 0 Å². The number of rotatable bonds is 6. The number of carbonyl (C=O) groups excluding carboxylic acids is 1. The van der Waals surface area contributed by atoms with Crippen LogP contribution in [0, 0.1) is 7.14 Å². The van der Waals surface area contributed by atoms with Crippen LogP contribution in [0.5, 0.6) is 11.5 Å². The van der Waals surface area contributed by atoms with Gasteiger partial charge in [-0.3, -0.25) is 0 Å². The van der Waals surface area contributed by atoms with E-state index in [-0.39, 0.29) is 11.6 Å². The highest BCUT2D eigenvalue weighted by Gasteiger charge is 2.25. The lowest BCUT2D eigenvalue weighted by Crippen LogP contribution is -2.05. The summed E-state index contributed by atoms with van der Waals surface area (Å²) in [7, 11) is 1.57. The molecule has 0 saturated carbocycles. The molecule has 0 unspecified atom stereocenters. The van der Waals surface area contributed by atoms with E-state index in [1.54, 1.807) is 37.5 Å². The highest BCUT2D eigenvalue weighted by molar-refractivity contribution is 14.1. The standard InChI is InChI=1S/C24H15Cl2I2NO4/c1-31-21-10-14(8-19(28)22(21)32-12-13-2-5-16(27)6-3-13)9-20-24(30)33-23(29-20)15-4-7-17(25)18(26)11-15/h2-11H,12H2,1H3/b20-9-. The van der Waals surface area contributed by atoms with Gasteiger partial charge in [-0.1, -0.05) is 35.3 Å². The number of cyclic esters (lactones) is 1. The predicted octanol–water partition coefficient (Wildman–Crippen LogP) is 7.13. The lowest BCUT2D eigenvalue weighted by atomic mass is 10.1. The minimum absolute atomic E-state index is 0.168. The van der Waals surface area contributed by atoms with Gasteiger partial charge in [0.2, 0.25) is 5.90 Å². The number of halogens is 4. The monoisotopic (exact) mass is 705 g/mol. The molecule has 0 aliphatic carbocycles. The van der Waals surface area contributed by atoms with Crippen molar-refractivity contribution in [1.82, 2.24) is 0 Å². The fourth-order valence-corrected chi connectivity index (χ4v) is 4.46. The summed E-state index contributed by atoms with van der Waals surface area (Å²) in [6.07, 6.45) is 1.64. The Morgan fingerprint density at radius 1 is 1.03 bits per heavy atom. The SMILES string of the molecule is COc1cc(/C=C2\N=C(c3ccc(Cl)c(Cl)c3)OC2=O)cc(I)c1OCc1ccc(I)cc1. The molecule has 9 heteroatoms. The quantitative estimate of drug-likeness (QED) is 0.156. The van der Waals surface area contributed by atoms with Crippen LogP contribution < -0.4 is 9.47 Å². The van der Waals surface area contributed by atoms with Gasteiger partial charge in [0.25, 0.3) is 0 Å². The Morgan fingerprint density at radius 2 is 1.79 bits per heavy atom. The molecule has 33 heavy (non-hydrogen) atoms. The van der Waals surface area contributed by atoms with Crippen molar-refractivity contribution in [2.24, 2.45) is 4.99 Å². The smallest absolute Gasteiger partial charge is 0.363 e. The maximum Gasteiger partial charge on any atom is 0.363 e. The highest BCUT2D eigenvalue weighted by atomic mass is 127. The van der Waals surface area contributed by atoms with Crippen LogP contribution in [0.2, 0.25) is 10.0 Å². The van der Waals surface area contributed by atoms with Gasteiger partial charge in [0, 0.05) is 9.13 Å². The zero-order chi connectivity index (χ0) is 23.5. The van der Waals surface area contributed by atoms with Crippen LogP contribution in [0.15, 0.2) is 65.3 Å². The summed E-state index contributed by atoms with van der Waals surface area (Å²) >= 11 is 16.5. The Hall–Kier alpha value is -1.82. The van der Waals surface area contributed by atoms with Crippen LogP contribution in [0.3, 0.4) is 0 Å². The van der Waals surface area contributed by atoms with Crippen LogP contribution in [-0.2, 0) is 16.1 Å². The largest absolute Gasteiger partial charge is 0.493 e. The second-order valence-corrected chi connectivity index (χ2v) is 10.1. The fraction of sp³-hybridized carbons (Fsp3) is 0.0833. The summed E-state index contributed by atoms with van der Waals surface area (Å²) in [4.78, 5) is 16.7. The maximum atomic E-state index is 12.4. The first-order chi connectivity index (χ1) is 15.8. The number of benzene rings is 3. The zero-order valence-corrected chi connectivity index (χ0v) is 22.9. The van der Waals surface area contributed by atoms with Gasteiger partial charge < -0.3 is 14.2 Å². The molecule has 5 nitrogen and oxygen atoms in total. The Labute approximate surface area is 228 Å².